The lowest BCUT2D eigenvalue weighted by Crippen LogP contribution is -2.02. The third kappa shape index (κ3) is 1.22. The molecule has 1 atom stereocenters. The summed E-state index contributed by atoms with van der Waals surface area (Å²) in [5.74, 6) is -0.470. The molecule has 0 aliphatic heterocycles. The number of halogens is 1. The molecule has 10 heavy (non-hydrogen) atoms. The van der Waals surface area contributed by atoms with Crippen molar-refractivity contribution in [1.82, 2.24) is 0 Å². The van der Waals surface area contributed by atoms with Gasteiger partial charge in [-0.15, -0.1) is 9.24 Å². The number of aldehydes is 1. The number of rotatable bonds is 1. The molecule has 1 aromatic rings. The fraction of sp³-hybridized carbons (Fsp3) is 0. The van der Waals surface area contributed by atoms with Gasteiger partial charge < -0.3 is 0 Å². The molecule has 1 rings (SSSR count). The van der Waals surface area contributed by atoms with Gasteiger partial charge in [0.15, 0.2) is 6.29 Å². The zero-order valence-corrected chi connectivity index (χ0v) is 6.33. The van der Waals surface area contributed by atoms with Gasteiger partial charge >= 0.3 is 0 Å². The Balaban J connectivity index is 3.30. The Kier molecular flexibility index (Phi) is 2.13. The second kappa shape index (κ2) is 2.89. The molecule has 0 aromatic heterocycles. The lowest BCUT2D eigenvalue weighted by Gasteiger charge is -1.96. The van der Waals surface area contributed by atoms with Crippen LogP contribution in [0.3, 0.4) is 0 Å². The van der Waals surface area contributed by atoms with Gasteiger partial charge in [-0.1, -0.05) is 12.1 Å². The SMILES string of the molecule is O=Cc1c(F)cccc1P. The average Bonchev–Trinajstić information content (AvgIpc) is 1.88. The third-order valence-electron chi connectivity index (χ3n) is 1.20. The molecule has 1 unspecified atom stereocenters. The van der Waals surface area contributed by atoms with Crippen molar-refractivity contribution in [3.63, 3.8) is 0 Å². The van der Waals surface area contributed by atoms with Crippen LogP contribution in [0.4, 0.5) is 4.39 Å². The molecule has 0 radical (unpaired) electrons. The lowest BCUT2D eigenvalue weighted by molar-refractivity contribution is 0.112. The molecule has 0 saturated heterocycles. The second-order valence-corrected chi connectivity index (χ2v) is 2.48. The van der Waals surface area contributed by atoms with Crippen molar-refractivity contribution in [1.29, 1.82) is 0 Å². The minimum atomic E-state index is -0.470. The molecule has 0 fully saturated rings. The van der Waals surface area contributed by atoms with Crippen molar-refractivity contribution in [3.8, 4) is 0 Å². The van der Waals surface area contributed by atoms with Gasteiger partial charge in [0, 0.05) is 0 Å². The largest absolute Gasteiger partial charge is 0.298 e. The summed E-state index contributed by atoms with van der Waals surface area (Å²) in [6.07, 6.45) is 0.512. The summed E-state index contributed by atoms with van der Waals surface area (Å²) in [7, 11) is 2.29. The number of carbonyl (C=O) groups excluding carboxylic acids is 1. The summed E-state index contributed by atoms with van der Waals surface area (Å²) < 4.78 is 12.6. The summed E-state index contributed by atoms with van der Waals surface area (Å²) in [5, 5.41) is 0.593. The fourth-order valence-electron chi connectivity index (χ4n) is 0.678. The summed E-state index contributed by atoms with van der Waals surface area (Å²) in [4.78, 5) is 10.2. The molecule has 1 nitrogen and oxygen atoms in total. The first kappa shape index (κ1) is 7.36. The summed E-state index contributed by atoms with van der Waals surface area (Å²) in [6.45, 7) is 0. The highest BCUT2D eigenvalue weighted by atomic mass is 31.0. The lowest BCUT2D eigenvalue weighted by atomic mass is 10.2. The van der Waals surface area contributed by atoms with E-state index in [1.807, 2.05) is 0 Å². The Morgan fingerprint density at radius 1 is 1.50 bits per heavy atom. The molecule has 0 aliphatic carbocycles. The van der Waals surface area contributed by atoms with Crippen molar-refractivity contribution in [3.05, 3.63) is 29.6 Å². The highest BCUT2D eigenvalue weighted by Crippen LogP contribution is 2.03. The summed E-state index contributed by atoms with van der Waals surface area (Å²) >= 11 is 0. The zero-order chi connectivity index (χ0) is 7.56. The highest BCUT2D eigenvalue weighted by molar-refractivity contribution is 7.27. The van der Waals surface area contributed by atoms with Gasteiger partial charge in [0.05, 0.1) is 5.56 Å². The van der Waals surface area contributed by atoms with E-state index in [4.69, 9.17) is 0 Å². The Morgan fingerprint density at radius 2 is 2.20 bits per heavy atom. The normalized spacial score (nSPS) is 9.40. The molecule has 1 aromatic carbocycles. The van der Waals surface area contributed by atoms with Crippen LogP contribution in [0.2, 0.25) is 0 Å². The minimum Gasteiger partial charge on any atom is -0.298 e. The minimum absolute atomic E-state index is 0.118. The van der Waals surface area contributed by atoms with Crippen LogP contribution in [0.15, 0.2) is 18.2 Å². The highest BCUT2D eigenvalue weighted by Gasteiger charge is 2.01. The van der Waals surface area contributed by atoms with Gasteiger partial charge in [-0.25, -0.2) is 4.39 Å². The van der Waals surface area contributed by atoms with Crippen LogP contribution in [-0.4, -0.2) is 6.29 Å². The van der Waals surface area contributed by atoms with E-state index in [0.717, 1.165) is 0 Å². The van der Waals surface area contributed by atoms with Crippen LogP contribution < -0.4 is 5.30 Å². The Bertz CT molecular complexity index is 240. The van der Waals surface area contributed by atoms with Crippen LogP contribution >= 0.6 is 9.24 Å². The number of carbonyl (C=O) groups is 1. The first-order valence-electron chi connectivity index (χ1n) is 2.75. The van der Waals surface area contributed by atoms with E-state index in [0.29, 0.717) is 11.6 Å². The van der Waals surface area contributed by atoms with Crippen LogP contribution in [0.5, 0.6) is 0 Å². The number of hydrogen-bond donors (Lipinski definition) is 0. The van der Waals surface area contributed by atoms with E-state index in [2.05, 4.69) is 9.24 Å². The standard InChI is InChI=1S/C7H6FOP/c8-6-2-1-3-7(10)5(6)4-9/h1-4H,10H2. The Labute approximate surface area is 60.5 Å². The number of hydrogen-bond acceptors (Lipinski definition) is 1. The van der Waals surface area contributed by atoms with Gasteiger partial charge in [-0.3, -0.25) is 4.79 Å². The molecule has 0 aliphatic rings. The maximum Gasteiger partial charge on any atom is 0.153 e. The quantitative estimate of drug-likeness (QED) is 0.440. The maximum absolute atomic E-state index is 12.6. The van der Waals surface area contributed by atoms with Gasteiger partial charge in [-0.2, -0.15) is 0 Å². The van der Waals surface area contributed by atoms with Crippen molar-refractivity contribution >= 4 is 20.8 Å². The summed E-state index contributed by atoms with van der Waals surface area (Å²) in [6, 6.07) is 4.49. The predicted molar refractivity (Wildman–Crippen MR) is 41.1 cm³/mol. The van der Waals surface area contributed by atoms with Gasteiger partial charge in [0.1, 0.15) is 5.82 Å². The topological polar surface area (TPSA) is 17.1 Å². The fourth-order valence-corrected chi connectivity index (χ4v) is 0.995. The van der Waals surface area contributed by atoms with Crippen LogP contribution in [0, 0.1) is 5.82 Å². The van der Waals surface area contributed by atoms with Crippen molar-refractivity contribution in [2.45, 2.75) is 0 Å². The van der Waals surface area contributed by atoms with E-state index in [-0.39, 0.29) is 5.56 Å². The Morgan fingerprint density at radius 3 is 2.60 bits per heavy atom. The molecule has 0 N–H and O–H groups in total. The summed E-state index contributed by atoms with van der Waals surface area (Å²) in [5.41, 5.74) is 0.118. The smallest absolute Gasteiger partial charge is 0.153 e. The monoisotopic (exact) mass is 156 g/mol. The third-order valence-corrected chi connectivity index (χ3v) is 1.71. The van der Waals surface area contributed by atoms with Gasteiger partial charge in [0.2, 0.25) is 0 Å². The Hall–Kier alpha value is -0.750. The van der Waals surface area contributed by atoms with Gasteiger partial charge in [-0.05, 0) is 11.4 Å². The van der Waals surface area contributed by atoms with E-state index < -0.39 is 5.82 Å². The first-order valence-corrected chi connectivity index (χ1v) is 3.32. The molecule has 0 bridgehead atoms. The average molecular weight is 156 g/mol. The molecular weight excluding hydrogens is 150 g/mol. The van der Waals surface area contributed by atoms with Gasteiger partial charge in [0.25, 0.3) is 0 Å². The van der Waals surface area contributed by atoms with E-state index >= 15 is 0 Å². The zero-order valence-electron chi connectivity index (χ0n) is 5.17. The molecule has 0 saturated carbocycles. The van der Waals surface area contributed by atoms with E-state index in [1.54, 1.807) is 12.1 Å². The first-order chi connectivity index (χ1) is 4.75. The van der Waals surface area contributed by atoms with Crippen molar-refractivity contribution in [2.24, 2.45) is 0 Å². The molecule has 3 heteroatoms. The molecule has 0 amide bonds. The molecule has 52 valence electrons. The maximum atomic E-state index is 12.6. The number of benzene rings is 1. The van der Waals surface area contributed by atoms with Crippen LogP contribution in [0.1, 0.15) is 10.4 Å². The predicted octanol–water partition coefficient (Wildman–Crippen LogP) is 1.14. The van der Waals surface area contributed by atoms with Crippen molar-refractivity contribution < 1.29 is 9.18 Å². The van der Waals surface area contributed by atoms with Crippen molar-refractivity contribution in [2.75, 3.05) is 0 Å². The molecular formula is C7H6FOP. The molecule has 0 heterocycles. The van der Waals surface area contributed by atoms with Crippen LogP contribution in [-0.2, 0) is 0 Å². The van der Waals surface area contributed by atoms with Crippen LogP contribution in [0.25, 0.3) is 0 Å². The van der Waals surface area contributed by atoms with E-state index in [1.165, 1.54) is 6.07 Å². The molecule has 0 spiro atoms. The second-order valence-electron chi connectivity index (χ2n) is 1.86. The van der Waals surface area contributed by atoms with E-state index in [9.17, 15) is 9.18 Å².